The van der Waals surface area contributed by atoms with Gasteiger partial charge in [0.15, 0.2) is 17.5 Å². The van der Waals surface area contributed by atoms with Crippen LogP contribution in [-0.2, 0) is 0 Å². The van der Waals surface area contributed by atoms with Crippen molar-refractivity contribution >= 4 is 17.2 Å². The van der Waals surface area contributed by atoms with Crippen LogP contribution in [0.4, 0.5) is 30.4 Å². The van der Waals surface area contributed by atoms with Crippen LogP contribution in [-0.4, -0.2) is 4.98 Å². The summed E-state index contributed by atoms with van der Waals surface area (Å²) in [4.78, 5) is 3.85. The Bertz CT molecular complexity index is 558. The Hall–Kier alpha value is -2.24. The summed E-state index contributed by atoms with van der Waals surface area (Å²) < 4.78 is 38.9. The molecule has 0 radical (unpaired) electrons. The molecule has 0 saturated heterocycles. The van der Waals surface area contributed by atoms with Gasteiger partial charge in [-0.05, 0) is 12.1 Å². The van der Waals surface area contributed by atoms with Crippen molar-refractivity contribution in [2.75, 3.05) is 11.1 Å². The molecule has 0 aliphatic rings. The number of nitrogens with one attached hydrogen (secondary N) is 1. The molecule has 1 heterocycles. The minimum Gasteiger partial charge on any atom is -0.396 e. The molecule has 3 nitrogen and oxygen atoms in total. The number of benzene rings is 1. The van der Waals surface area contributed by atoms with Crippen LogP contribution in [0.2, 0.25) is 0 Å². The minimum atomic E-state index is -1.25. The Kier molecular flexibility index (Phi) is 2.86. The highest BCUT2D eigenvalue weighted by molar-refractivity contribution is 5.68. The third kappa shape index (κ3) is 2.30. The van der Waals surface area contributed by atoms with Crippen LogP contribution in [0.15, 0.2) is 30.5 Å². The van der Waals surface area contributed by atoms with E-state index in [4.69, 9.17) is 5.73 Å². The SMILES string of the molecule is Nc1cccnc1Nc1cc(F)c(F)cc1F. The Labute approximate surface area is 95.1 Å². The molecular weight excluding hydrogens is 231 g/mol. The van der Waals surface area contributed by atoms with Gasteiger partial charge in [-0.15, -0.1) is 0 Å². The number of rotatable bonds is 2. The van der Waals surface area contributed by atoms with Crippen molar-refractivity contribution in [2.24, 2.45) is 0 Å². The second-order valence-electron chi connectivity index (χ2n) is 3.31. The maximum atomic E-state index is 13.3. The Morgan fingerprint density at radius 1 is 1.06 bits per heavy atom. The predicted molar refractivity (Wildman–Crippen MR) is 58.2 cm³/mol. The molecule has 6 heteroatoms. The summed E-state index contributed by atoms with van der Waals surface area (Å²) in [7, 11) is 0. The smallest absolute Gasteiger partial charge is 0.161 e. The van der Waals surface area contributed by atoms with Crippen LogP contribution in [0.5, 0.6) is 0 Å². The van der Waals surface area contributed by atoms with E-state index < -0.39 is 17.5 Å². The highest BCUT2D eigenvalue weighted by atomic mass is 19.2. The van der Waals surface area contributed by atoms with Crippen molar-refractivity contribution in [3.8, 4) is 0 Å². The summed E-state index contributed by atoms with van der Waals surface area (Å²) in [6.45, 7) is 0. The van der Waals surface area contributed by atoms with Crippen LogP contribution < -0.4 is 11.1 Å². The Morgan fingerprint density at radius 3 is 2.47 bits per heavy atom. The number of nitrogen functional groups attached to an aromatic ring is 1. The van der Waals surface area contributed by atoms with Gasteiger partial charge in [-0.2, -0.15) is 0 Å². The molecule has 17 heavy (non-hydrogen) atoms. The number of halogens is 3. The molecule has 88 valence electrons. The zero-order chi connectivity index (χ0) is 12.4. The Balaban J connectivity index is 2.37. The standard InChI is InChI=1S/C11H8F3N3/c12-6-4-8(14)10(5-7(6)13)17-11-9(15)2-1-3-16-11/h1-5H,15H2,(H,16,17). The topological polar surface area (TPSA) is 50.9 Å². The molecule has 0 aliphatic carbocycles. The first-order chi connectivity index (χ1) is 8.08. The fourth-order valence-electron chi connectivity index (χ4n) is 1.27. The van der Waals surface area contributed by atoms with E-state index in [1.807, 2.05) is 0 Å². The highest BCUT2D eigenvalue weighted by Crippen LogP contribution is 2.24. The maximum Gasteiger partial charge on any atom is 0.161 e. The molecule has 2 aromatic rings. The molecule has 0 atom stereocenters. The monoisotopic (exact) mass is 239 g/mol. The fraction of sp³-hybridized carbons (Fsp3) is 0. The van der Waals surface area contributed by atoms with Crippen molar-refractivity contribution in [1.29, 1.82) is 0 Å². The van der Waals surface area contributed by atoms with Crippen LogP contribution >= 0.6 is 0 Å². The van der Waals surface area contributed by atoms with Gasteiger partial charge in [0.05, 0.1) is 11.4 Å². The van der Waals surface area contributed by atoms with Crippen LogP contribution in [0.1, 0.15) is 0 Å². The van der Waals surface area contributed by atoms with Crippen molar-refractivity contribution in [3.05, 3.63) is 47.9 Å². The summed E-state index contributed by atoms with van der Waals surface area (Å²) in [6.07, 6.45) is 1.44. The van der Waals surface area contributed by atoms with Gasteiger partial charge < -0.3 is 11.1 Å². The largest absolute Gasteiger partial charge is 0.396 e. The summed E-state index contributed by atoms with van der Waals surface area (Å²) in [5.74, 6) is -3.14. The number of nitrogens with zero attached hydrogens (tertiary/aromatic N) is 1. The zero-order valence-electron chi connectivity index (χ0n) is 8.55. The lowest BCUT2D eigenvalue weighted by molar-refractivity contribution is 0.496. The summed E-state index contributed by atoms with van der Waals surface area (Å²) >= 11 is 0. The molecule has 1 aromatic carbocycles. The van der Waals surface area contributed by atoms with E-state index in [1.165, 1.54) is 6.20 Å². The molecule has 0 amide bonds. The van der Waals surface area contributed by atoms with Gasteiger partial charge in [-0.3, -0.25) is 0 Å². The van der Waals surface area contributed by atoms with E-state index in [9.17, 15) is 13.2 Å². The number of pyridine rings is 1. The molecule has 0 aliphatic heterocycles. The number of anilines is 3. The lowest BCUT2D eigenvalue weighted by atomic mass is 10.2. The quantitative estimate of drug-likeness (QED) is 0.792. The zero-order valence-corrected chi connectivity index (χ0v) is 8.55. The van der Waals surface area contributed by atoms with Crippen molar-refractivity contribution in [2.45, 2.75) is 0 Å². The van der Waals surface area contributed by atoms with Gasteiger partial charge >= 0.3 is 0 Å². The molecular formula is C11H8F3N3. The summed E-state index contributed by atoms with van der Waals surface area (Å²) in [5, 5.41) is 2.49. The molecule has 0 bridgehead atoms. The van der Waals surface area contributed by atoms with E-state index in [-0.39, 0.29) is 17.2 Å². The van der Waals surface area contributed by atoms with Crippen molar-refractivity contribution in [3.63, 3.8) is 0 Å². The van der Waals surface area contributed by atoms with E-state index in [2.05, 4.69) is 10.3 Å². The third-order valence-corrected chi connectivity index (χ3v) is 2.10. The van der Waals surface area contributed by atoms with Crippen molar-refractivity contribution < 1.29 is 13.2 Å². The first-order valence-electron chi connectivity index (χ1n) is 4.70. The molecule has 0 saturated carbocycles. The van der Waals surface area contributed by atoms with Crippen LogP contribution in [0.3, 0.4) is 0 Å². The van der Waals surface area contributed by atoms with Gasteiger partial charge in [0.2, 0.25) is 0 Å². The van der Waals surface area contributed by atoms with E-state index in [0.29, 0.717) is 12.1 Å². The second kappa shape index (κ2) is 4.32. The second-order valence-corrected chi connectivity index (χ2v) is 3.31. The minimum absolute atomic E-state index is 0.178. The van der Waals surface area contributed by atoms with Gasteiger partial charge in [0, 0.05) is 18.3 Å². The molecule has 3 N–H and O–H groups in total. The molecule has 2 rings (SSSR count). The summed E-state index contributed by atoms with van der Waals surface area (Å²) in [5.41, 5.74) is 5.62. The highest BCUT2D eigenvalue weighted by Gasteiger charge is 2.11. The third-order valence-electron chi connectivity index (χ3n) is 2.10. The van der Waals surface area contributed by atoms with Gasteiger partial charge in [-0.1, -0.05) is 0 Å². The van der Waals surface area contributed by atoms with E-state index >= 15 is 0 Å². The van der Waals surface area contributed by atoms with Crippen LogP contribution in [0, 0.1) is 17.5 Å². The lowest BCUT2D eigenvalue weighted by Crippen LogP contribution is -2.01. The van der Waals surface area contributed by atoms with Gasteiger partial charge in [0.25, 0.3) is 0 Å². The lowest BCUT2D eigenvalue weighted by Gasteiger charge is -2.09. The predicted octanol–water partition coefficient (Wildman–Crippen LogP) is 2.82. The fourth-order valence-corrected chi connectivity index (χ4v) is 1.27. The molecule has 0 unspecified atom stereocenters. The number of nitrogens with two attached hydrogens (primary N) is 1. The molecule has 0 spiro atoms. The maximum absolute atomic E-state index is 13.3. The number of aromatic nitrogens is 1. The van der Waals surface area contributed by atoms with Crippen LogP contribution in [0.25, 0.3) is 0 Å². The normalized spacial score (nSPS) is 10.3. The van der Waals surface area contributed by atoms with Gasteiger partial charge in [-0.25, -0.2) is 18.2 Å². The van der Waals surface area contributed by atoms with E-state index in [1.54, 1.807) is 12.1 Å². The molecule has 0 fully saturated rings. The average molecular weight is 239 g/mol. The summed E-state index contributed by atoms with van der Waals surface area (Å²) in [6, 6.07) is 4.31. The number of hydrogen-bond acceptors (Lipinski definition) is 3. The first kappa shape index (κ1) is 11.3. The van der Waals surface area contributed by atoms with Gasteiger partial charge in [0.1, 0.15) is 5.82 Å². The number of hydrogen-bond donors (Lipinski definition) is 2. The van der Waals surface area contributed by atoms with E-state index in [0.717, 1.165) is 0 Å². The first-order valence-corrected chi connectivity index (χ1v) is 4.70. The van der Waals surface area contributed by atoms with Crippen molar-refractivity contribution in [1.82, 2.24) is 4.98 Å². The average Bonchev–Trinajstić information content (AvgIpc) is 2.29. The Morgan fingerprint density at radius 2 is 1.76 bits per heavy atom. The molecule has 1 aromatic heterocycles.